The van der Waals surface area contributed by atoms with Crippen molar-refractivity contribution in [3.63, 3.8) is 0 Å². The van der Waals surface area contributed by atoms with Crippen LogP contribution in [-0.2, 0) is 0 Å². The van der Waals surface area contributed by atoms with Crippen LogP contribution in [0.5, 0.6) is 0 Å². The quantitative estimate of drug-likeness (QED) is 0.614. The van der Waals surface area contributed by atoms with Gasteiger partial charge >= 0.3 is 0 Å². The average Bonchev–Trinajstić information content (AvgIpc) is 1.96. The second-order valence-corrected chi connectivity index (χ2v) is 3.64. The minimum absolute atomic E-state index is 0.302. The van der Waals surface area contributed by atoms with Gasteiger partial charge in [0.25, 0.3) is 0 Å². The third-order valence-corrected chi connectivity index (χ3v) is 1.97. The number of hydrogen-bond acceptors (Lipinski definition) is 2. The van der Waals surface area contributed by atoms with Crippen molar-refractivity contribution in [1.82, 2.24) is 4.90 Å². The maximum Gasteiger partial charge on any atom is 0.0163 e. The number of hydrogen-bond donors (Lipinski definition) is 1. The number of rotatable bonds is 6. The van der Waals surface area contributed by atoms with Gasteiger partial charge in [-0.1, -0.05) is 6.08 Å². The van der Waals surface area contributed by atoms with E-state index in [1.54, 1.807) is 0 Å². The Kier molecular flexibility index (Phi) is 6.03. The Morgan fingerprint density at radius 1 is 1.42 bits per heavy atom. The maximum absolute atomic E-state index is 5.68. The van der Waals surface area contributed by atoms with E-state index >= 15 is 0 Å². The standard InChI is InChI=1S/C10H22N2/c1-5-7-12(9(2)3)8-6-10(4)11/h5,9-10H,1,6-8,11H2,2-4H3. The predicted octanol–water partition coefficient (Wildman–Crippen LogP) is 1.62. The van der Waals surface area contributed by atoms with Crippen molar-refractivity contribution < 1.29 is 0 Å². The third-order valence-electron chi connectivity index (χ3n) is 1.97. The molecule has 0 aliphatic heterocycles. The number of nitrogens with two attached hydrogens (primary N) is 1. The van der Waals surface area contributed by atoms with Gasteiger partial charge in [0.05, 0.1) is 0 Å². The fraction of sp³-hybridized carbons (Fsp3) is 0.800. The molecule has 12 heavy (non-hydrogen) atoms. The fourth-order valence-electron chi connectivity index (χ4n) is 1.10. The molecule has 2 heteroatoms. The highest BCUT2D eigenvalue weighted by atomic mass is 15.1. The van der Waals surface area contributed by atoms with Gasteiger partial charge in [0, 0.05) is 25.2 Å². The highest BCUT2D eigenvalue weighted by Crippen LogP contribution is 2.00. The maximum atomic E-state index is 5.68. The predicted molar refractivity (Wildman–Crippen MR) is 55.2 cm³/mol. The van der Waals surface area contributed by atoms with Crippen LogP contribution < -0.4 is 5.73 Å². The molecule has 0 saturated heterocycles. The van der Waals surface area contributed by atoms with Crippen LogP contribution in [-0.4, -0.2) is 30.1 Å². The molecule has 0 amide bonds. The molecule has 0 heterocycles. The lowest BCUT2D eigenvalue weighted by atomic mass is 10.2. The summed E-state index contributed by atoms with van der Waals surface area (Å²) in [5.41, 5.74) is 5.68. The van der Waals surface area contributed by atoms with Gasteiger partial charge in [-0.15, -0.1) is 6.58 Å². The van der Waals surface area contributed by atoms with Crippen LogP contribution in [0.25, 0.3) is 0 Å². The highest BCUT2D eigenvalue weighted by Gasteiger charge is 2.07. The molecular weight excluding hydrogens is 148 g/mol. The molecule has 0 bridgehead atoms. The van der Waals surface area contributed by atoms with Gasteiger partial charge < -0.3 is 5.73 Å². The summed E-state index contributed by atoms with van der Waals surface area (Å²) in [4.78, 5) is 2.37. The second-order valence-electron chi connectivity index (χ2n) is 3.64. The zero-order valence-corrected chi connectivity index (χ0v) is 8.59. The molecule has 1 atom stereocenters. The Balaban J connectivity index is 3.70. The third kappa shape index (κ3) is 5.33. The van der Waals surface area contributed by atoms with Crippen LogP contribution in [0.2, 0.25) is 0 Å². The number of nitrogens with zero attached hydrogens (tertiary/aromatic N) is 1. The first-order valence-corrected chi connectivity index (χ1v) is 4.68. The molecule has 2 N–H and O–H groups in total. The summed E-state index contributed by atoms with van der Waals surface area (Å²) in [6.45, 7) is 12.2. The summed E-state index contributed by atoms with van der Waals surface area (Å²) in [6.07, 6.45) is 3.01. The van der Waals surface area contributed by atoms with Gasteiger partial charge in [0.15, 0.2) is 0 Å². The van der Waals surface area contributed by atoms with E-state index in [2.05, 4.69) is 25.3 Å². The molecule has 0 saturated carbocycles. The van der Waals surface area contributed by atoms with Gasteiger partial charge in [0.1, 0.15) is 0 Å². The highest BCUT2D eigenvalue weighted by molar-refractivity contribution is 4.76. The lowest BCUT2D eigenvalue weighted by Gasteiger charge is -2.25. The molecule has 0 aliphatic rings. The first-order chi connectivity index (χ1) is 5.57. The van der Waals surface area contributed by atoms with Crippen LogP contribution >= 0.6 is 0 Å². The summed E-state index contributed by atoms with van der Waals surface area (Å²) < 4.78 is 0. The minimum atomic E-state index is 0.302. The fourth-order valence-corrected chi connectivity index (χ4v) is 1.10. The van der Waals surface area contributed by atoms with Crippen LogP contribution in [0, 0.1) is 0 Å². The molecule has 0 aromatic rings. The summed E-state index contributed by atoms with van der Waals surface area (Å²) >= 11 is 0. The smallest absolute Gasteiger partial charge is 0.0163 e. The van der Waals surface area contributed by atoms with Crippen LogP contribution in [0.1, 0.15) is 27.2 Å². The molecule has 0 rings (SSSR count). The average molecular weight is 170 g/mol. The monoisotopic (exact) mass is 170 g/mol. The van der Waals surface area contributed by atoms with Crippen molar-refractivity contribution in [2.75, 3.05) is 13.1 Å². The van der Waals surface area contributed by atoms with E-state index in [1.807, 2.05) is 13.0 Å². The van der Waals surface area contributed by atoms with Gasteiger partial charge in [-0.25, -0.2) is 0 Å². The lowest BCUT2D eigenvalue weighted by Crippen LogP contribution is -2.34. The zero-order valence-electron chi connectivity index (χ0n) is 8.59. The first kappa shape index (κ1) is 11.7. The Morgan fingerprint density at radius 3 is 2.33 bits per heavy atom. The Hall–Kier alpha value is -0.340. The molecule has 0 spiro atoms. The van der Waals surface area contributed by atoms with E-state index in [4.69, 9.17) is 5.73 Å². The molecule has 0 aromatic heterocycles. The van der Waals surface area contributed by atoms with Crippen molar-refractivity contribution in [3.05, 3.63) is 12.7 Å². The summed E-state index contributed by atoms with van der Waals surface area (Å²) in [5, 5.41) is 0. The molecule has 2 nitrogen and oxygen atoms in total. The molecule has 0 aliphatic carbocycles. The van der Waals surface area contributed by atoms with E-state index in [-0.39, 0.29) is 0 Å². The normalized spacial score (nSPS) is 13.8. The lowest BCUT2D eigenvalue weighted by molar-refractivity contribution is 0.238. The van der Waals surface area contributed by atoms with E-state index in [9.17, 15) is 0 Å². The van der Waals surface area contributed by atoms with Crippen LogP contribution in [0.3, 0.4) is 0 Å². The van der Waals surface area contributed by atoms with Crippen molar-refractivity contribution in [1.29, 1.82) is 0 Å². The largest absolute Gasteiger partial charge is 0.328 e. The molecule has 1 unspecified atom stereocenters. The summed E-state index contributed by atoms with van der Waals surface area (Å²) in [5.74, 6) is 0. The van der Waals surface area contributed by atoms with Crippen molar-refractivity contribution in [2.45, 2.75) is 39.3 Å². The van der Waals surface area contributed by atoms with Crippen molar-refractivity contribution in [2.24, 2.45) is 5.73 Å². The van der Waals surface area contributed by atoms with E-state index in [0.29, 0.717) is 12.1 Å². The van der Waals surface area contributed by atoms with Gasteiger partial charge in [-0.3, -0.25) is 4.90 Å². The Bertz CT molecular complexity index is 119. The van der Waals surface area contributed by atoms with Crippen molar-refractivity contribution in [3.8, 4) is 0 Å². The molecule has 0 aromatic carbocycles. The molecular formula is C10H22N2. The van der Waals surface area contributed by atoms with Crippen LogP contribution in [0.15, 0.2) is 12.7 Å². The summed E-state index contributed by atoms with van der Waals surface area (Å²) in [7, 11) is 0. The van der Waals surface area contributed by atoms with Gasteiger partial charge in [-0.05, 0) is 27.2 Å². The van der Waals surface area contributed by atoms with Gasteiger partial charge in [-0.2, -0.15) is 0 Å². The SMILES string of the molecule is C=CCN(CCC(C)N)C(C)C. The van der Waals surface area contributed by atoms with E-state index in [0.717, 1.165) is 19.5 Å². The topological polar surface area (TPSA) is 29.3 Å². The molecule has 0 radical (unpaired) electrons. The minimum Gasteiger partial charge on any atom is -0.328 e. The van der Waals surface area contributed by atoms with E-state index in [1.165, 1.54) is 0 Å². The zero-order chi connectivity index (χ0) is 9.56. The van der Waals surface area contributed by atoms with Crippen molar-refractivity contribution >= 4 is 0 Å². The Labute approximate surface area is 76.4 Å². The van der Waals surface area contributed by atoms with Crippen LogP contribution in [0.4, 0.5) is 0 Å². The first-order valence-electron chi connectivity index (χ1n) is 4.68. The second kappa shape index (κ2) is 6.21. The molecule has 72 valence electrons. The van der Waals surface area contributed by atoms with E-state index < -0.39 is 0 Å². The van der Waals surface area contributed by atoms with Gasteiger partial charge in [0.2, 0.25) is 0 Å². The molecule has 0 fully saturated rings. The Morgan fingerprint density at radius 2 is 2.00 bits per heavy atom. The summed E-state index contributed by atoms with van der Waals surface area (Å²) in [6, 6.07) is 0.887.